The molecule has 17 nitrogen and oxygen atoms in total. The lowest BCUT2D eigenvalue weighted by atomic mass is 9.89. The number of anilines is 2. The second-order valence-corrected chi connectivity index (χ2v) is 20.1. The zero-order valence-corrected chi connectivity index (χ0v) is 42.1. The first-order chi connectivity index (χ1) is 35.9. The predicted octanol–water partition coefficient (Wildman–Crippen LogP) is 6.75. The van der Waals surface area contributed by atoms with Crippen LogP contribution in [0.2, 0.25) is 0 Å². The van der Waals surface area contributed by atoms with Gasteiger partial charge < -0.3 is 34.8 Å². The van der Waals surface area contributed by atoms with E-state index >= 15 is 4.39 Å². The second-order valence-electron chi connectivity index (χ2n) is 18.2. The Morgan fingerprint density at radius 3 is 2.17 bits per heavy atom. The average molecular weight is 1030 g/mol. The number of aromatic nitrogens is 4. The number of rotatable bonds is 17. The molecule has 0 unspecified atom stereocenters. The third-order valence-electron chi connectivity index (χ3n) is 12.6. The highest BCUT2D eigenvalue weighted by atomic mass is 32.2. The average Bonchev–Trinajstić information content (AvgIpc) is 3.77. The van der Waals surface area contributed by atoms with E-state index in [4.69, 9.17) is 4.42 Å². The maximum atomic E-state index is 15.5. The van der Waals surface area contributed by atoms with Crippen molar-refractivity contribution in [2.75, 3.05) is 56.7 Å². The van der Waals surface area contributed by atoms with Crippen molar-refractivity contribution in [3.63, 3.8) is 0 Å². The van der Waals surface area contributed by atoms with Crippen LogP contribution in [0.1, 0.15) is 73.4 Å². The van der Waals surface area contributed by atoms with Crippen LogP contribution in [0.3, 0.4) is 0 Å². The lowest BCUT2D eigenvalue weighted by Crippen LogP contribution is -2.29. The summed E-state index contributed by atoms with van der Waals surface area (Å²) in [5, 5.41) is 21.0. The number of fused-ring (bicyclic) bond motifs is 5. The summed E-state index contributed by atoms with van der Waals surface area (Å²) < 4.78 is 65.6. The number of H-pyrrole nitrogens is 1. The Bertz CT molecular complexity index is 3930. The lowest BCUT2D eigenvalue weighted by molar-refractivity contribution is -0.254. The van der Waals surface area contributed by atoms with Crippen LogP contribution in [0, 0.1) is 11.6 Å². The van der Waals surface area contributed by atoms with E-state index in [0.29, 0.717) is 79.3 Å². The van der Waals surface area contributed by atoms with Crippen molar-refractivity contribution in [1.29, 1.82) is 0 Å². The quantitative estimate of drug-likeness (QED) is 0.0321. The van der Waals surface area contributed by atoms with E-state index < -0.39 is 56.5 Å². The molecule has 0 saturated carbocycles. The summed E-state index contributed by atoms with van der Waals surface area (Å²) in [5.74, 6) is -5.75. The number of nitrogens with zero attached hydrogens (tertiary/aromatic N) is 5. The molecule has 0 radical (unpaired) electrons. The van der Waals surface area contributed by atoms with Crippen molar-refractivity contribution in [3.05, 3.63) is 155 Å². The maximum absolute atomic E-state index is 15.5. The number of carboxylic acid groups (broad SMARTS) is 1. The molecule has 0 saturated heterocycles. The lowest BCUT2D eigenvalue weighted by Gasteiger charge is -2.20. The van der Waals surface area contributed by atoms with Crippen molar-refractivity contribution in [3.8, 4) is 33.6 Å². The molecule has 2 aliphatic rings. The molecule has 382 valence electrons. The minimum Gasteiger partial charge on any atom is -0.545 e. The molecular formula is C55H49F2N9O8S. The number of aromatic amines is 1. The van der Waals surface area contributed by atoms with Crippen LogP contribution >= 0.6 is 0 Å². The number of hydrogen-bond donors (Lipinski definition) is 4. The number of unbranched alkanes of at least 4 members (excludes halogenated alkanes) is 1. The minimum absolute atomic E-state index is 0.0539. The fourth-order valence-electron chi connectivity index (χ4n) is 8.76. The van der Waals surface area contributed by atoms with Crippen LogP contribution in [0.15, 0.2) is 114 Å². The van der Waals surface area contributed by atoms with Crippen LogP contribution in [0.4, 0.5) is 20.2 Å². The van der Waals surface area contributed by atoms with E-state index in [-0.39, 0.29) is 47.8 Å². The largest absolute Gasteiger partial charge is 0.545 e. The number of pyridine rings is 1. The summed E-state index contributed by atoms with van der Waals surface area (Å²) >= 11 is 0. The molecule has 2 amide bonds. The Kier molecular flexibility index (Phi) is 14.2. The molecule has 4 N–H and O–H groups in total. The molecule has 20 heteroatoms. The normalized spacial score (nSPS) is 11.6. The molecule has 0 spiro atoms. The van der Waals surface area contributed by atoms with Gasteiger partial charge in [-0.2, -0.15) is 0 Å². The zero-order chi connectivity index (χ0) is 53.3. The standard InChI is InChI=1S/C55H49F2N9O8S/c1-6-21-75(72,73)64-44-18-16-42(56)48(49(44)57)50(67)30-10-17-43-39(22-30)40-24-32(27-60-51(40)63-43)33-28-61-52(62-29-33)54(69)59-20-8-7-19-58-53(68)31-9-13-36(41(23-31)55(70)71)47-37-14-11-34(65(2)3)25-45(37)74-46-26-35(66(4)5)12-15-38(46)47/h9-18,22-29,64H,6-8,19-21H2,1-5H3,(H3-,58,59,60,63,67,68,69,70,71). The van der Waals surface area contributed by atoms with Crippen molar-refractivity contribution < 1.29 is 45.9 Å². The molecule has 4 heterocycles. The molecule has 3 aromatic heterocycles. The minimum atomic E-state index is -3.93. The number of carboxylic acids is 1. The molecule has 1 aliphatic heterocycles. The van der Waals surface area contributed by atoms with E-state index in [1.165, 1.54) is 30.6 Å². The number of benzene rings is 5. The Hall–Kier alpha value is -8.91. The van der Waals surface area contributed by atoms with Gasteiger partial charge in [-0.25, -0.2) is 36.7 Å². The van der Waals surface area contributed by atoms with E-state index in [9.17, 15) is 37.1 Å². The first kappa shape index (κ1) is 51.0. The maximum Gasteiger partial charge on any atom is 0.289 e. The van der Waals surface area contributed by atoms with Gasteiger partial charge in [0, 0.05) is 124 Å². The number of carbonyl (C=O) groups is 4. The third-order valence-corrected chi connectivity index (χ3v) is 14.1. The van der Waals surface area contributed by atoms with Crippen molar-refractivity contribution >= 4 is 77.9 Å². The number of nitrogens with one attached hydrogen (secondary N) is 4. The number of sulfonamides is 1. The van der Waals surface area contributed by atoms with Gasteiger partial charge in [-0.3, -0.25) is 19.1 Å². The molecule has 0 atom stereocenters. The number of carbonyl (C=O) groups excluding carboxylic acids is 4. The number of ketones is 1. The fourth-order valence-corrected chi connectivity index (χ4v) is 9.89. The van der Waals surface area contributed by atoms with Gasteiger partial charge in [0.15, 0.2) is 11.6 Å². The van der Waals surface area contributed by atoms with E-state index in [2.05, 4.69) is 35.3 Å². The Labute approximate surface area is 428 Å². The summed E-state index contributed by atoms with van der Waals surface area (Å²) in [6.45, 7) is 2.12. The zero-order valence-electron chi connectivity index (χ0n) is 41.3. The van der Waals surface area contributed by atoms with Crippen LogP contribution in [0.25, 0.3) is 66.5 Å². The SMILES string of the molecule is CCCS(=O)(=O)Nc1ccc(F)c(C(=O)c2ccc3[nH]c4ncc(-c5cnc(C(=O)NCCCCNC(=O)c6ccc(-c7c8ccc(=[N+](C)C)cc-8oc8cc(N(C)C)ccc78)c(C(=O)[O-])c6)nc5)cc4c3c2)c1F. The summed E-state index contributed by atoms with van der Waals surface area (Å²) in [7, 11) is 3.73. The molecule has 0 fully saturated rings. The smallest absolute Gasteiger partial charge is 0.289 e. The Balaban J connectivity index is 0.824. The summed E-state index contributed by atoms with van der Waals surface area (Å²) in [4.78, 5) is 70.7. The first-order valence-electron chi connectivity index (χ1n) is 23.8. The molecule has 75 heavy (non-hydrogen) atoms. The van der Waals surface area contributed by atoms with Crippen LogP contribution < -0.4 is 35.3 Å². The van der Waals surface area contributed by atoms with Crippen LogP contribution in [0.5, 0.6) is 0 Å². The Morgan fingerprint density at radius 2 is 1.47 bits per heavy atom. The van der Waals surface area contributed by atoms with Crippen LogP contribution in [-0.4, -0.2) is 99.0 Å². The summed E-state index contributed by atoms with van der Waals surface area (Å²) in [5.41, 5.74) is 3.74. The molecule has 0 bridgehead atoms. The highest BCUT2D eigenvalue weighted by Gasteiger charge is 2.26. The molecule has 4 aromatic carbocycles. The molecule has 1 aliphatic carbocycles. The number of aromatic carboxylic acids is 1. The van der Waals surface area contributed by atoms with E-state index in [1.807, 2.05) is 74.1 Å². The number of halogens is 2. The highest BCUT2D eigenvalue weighted by Crippen LogP contribution is 2.42. The van der Waals surface area contributed by atoms with E-state index in [0.717, 1.165) is 23.2 Å². The molecular weight excluding hydrogens is 985 g/mol. The van der Waals surface area contributed by atoms with Gasteiger partial charge in [-0.05, 0) is 91.6 Å². The number of amides is 2. The highest BCUT2D eigenvalue weighted by molar-refractivity contribution is 7.92. The third kappa shape index (κ3) is 10.5. The van der Waals surface area contributed by atoms with Crippen molar-refractivity contribution in [2.45, 2.75) is 26.2 Å². The van der Waals surface area contributed by atoms with Gasteiger partial charge in [0.2, 0.25) is 21.2 Å². The summed E-state index contributed by atoms with van der Waals surface area (Å²) in [6.07, 6.45) is 5.71. The number of hydrogen-bond acceptors (Lipinski definition) is 12. The Morgan fingerprint density at radius 1 is 0.760 bits per heavy atom. The van der Waals surface area contributed by atoms with Gasteiger partial charge in [0.1, 0.15) is 36.9 Å². The van der Waals surface area contributed by atoms with Gasteiger partial charge in [0.05, 0.1) is 29.0 Å². The van der Waals surface area contributed by atoms with Gasteiger partial charge >= 0.3 is 0 Å². The van der Waals surface area contributed by atoms with Crippen molar-refractivity contribution in [1.82, 2.24) is 35.1 Å². The van der Waals surface area contributed by atoms with Crippen LogP contribution in [-0.2, 0) is 10.0 Å². The van der Waals surface area contributed by atoms with E-state index in [1.54, 1.807) is 37.4 Å². The fraction of sp³-hybridized carbons (Fsp3) is 0.200. The van der Waals surface area contributed by atoms with Crippen molar-refractivity contribution in [2.24, 2.45) is 0 Å². The van der Waals surface area contributed by atoms with Gasteiger partial charge in [-0.15, -0.1) is 0 Å². The van der Waals surface area contributed by atoms with Gasteiger partial charge in [0.25, 0.3) is 11.8 Å². The topological polar surface area (TPSA) is 235 Å². The first-order valence-corrected chi connectivity index (χ1v) is 25.4. The predicted molar refractivity (Wildman–Crippen MR) is 280 cm³/mol. The molecule has 7 aromatic rings. The monoisotopic (exact) mass is 1030 g/mol. The molecule has 9 rings (SSSR count). The second kappa shape index (κ2) is 20.9. The summed E-state index contributed by atoms with van der Waals surface area (Å²) in [6, 6.07) is 23.9. The van der Waals surface area contributed by atoms with Gasteiger partial charge in [-0.1, -0.05) is 13.0 Å².